The molecular formula is C13H20N4. The van der Waals surface area contributed by atoms with Crippen LogP contribution < -0.4 is 10.6 Å². The van der Waals surface area contributed by atoms with E-state index in [-0.39, 0.29) is 0 Å². The molecule has 0 saturated heterocycles. The van der Waals surface area contributed by atoms with Crippen molar-refractivity contribution in [1.29, 1.82) is 0 Å². The molecule has 0 unspecified atom stereocenters. The van der Waals surface area contributed by atoms with Crippen LogP contribution >= 0.6 is 0 Å². The van der Waals surface area contributed by atoms with E-state index in [4.69, 9.17) is 4.98 Å². The van der Waals surface area contributed by atoms with Gasteiger partial charge in [-0.25, -0.2) is 9.97 Å². The van der Waals surface area contributed by atoms with E-state index >= 15 is 0 Å². The van der Waals surface area contributed by atoms with Crippen molar-refractivity contribution in [2.75, 3.05) is 17.7 Å². The molecule has 2 saturated carbocycles. The fourth-order valence-corrected chi connectivity index (χ4v) is 2.19. The van der Waals surface area contributed by atoms with Gasteiger partial charge in [0, 0.05) is 24.6 Å². The van der Waals surface area contributed by atoms with E-state index < -0.39 is 0 Å². The van der Waals surface area contributed by atoms with Crippen LogP contribution in [0.1, 0.15) is 49.4 Å². The first-order chi connectivity index (χ1) is 8.28. The molecule has 1 aromatic rings. The first-order valence-corrected chi connectivity index (χ1v) is 6.60. The molecule has 2 N–H and O–H groups in total. The van der Waals surface area contributed by atoms with Gasteiger partial charge in [0.1, 0.15) is 17.5 Å². The molecule has 0 aromatic carbocycles. The molecular weight excluding hydrogens is 212 g/mol. The second kappa shape index (κ2) is 4.17. The first kappa shape index (κ1) is 10.8. The summed E-state index contributed by atoms with van der Waals surface area (Å²) in [5, 5.41) is 6.73. The molecule has 2 aliphatic carbocycles. The van der Waals surface area contributed by atoms with Crippen LogP contribution in [0.3, 0.4) is 0 Å². The summed E-state index contributed by atoms with van der Waals surface area (Å²) < 4.78 is 0. The number of rotatable bonds is 4. The molecule has 0 radical (unpaired) electrons. The zero-order chi connectivity index (χ0) is 11.8. The highest BCUT2D eigenvalue weighted by atomic mass is 15.1. The lowest BCUT2D eigenvalue weighted by Crippen LogP contribution is -2.28. The highest BCUT2D eigenvalue weighted by molar-refractivity contribution is 5.57. The van der Waals surface area contributed by atoms with E-state index in [0.29, 0.717) is 12.0 Å². The Kier molecular flexibility index (Phi) is 2.65. The van der Waals surface area contributed by atoms with E-state index in [2.05, 4.69) is 22.5 Å². The lowest BCUT2D eigenvalue weighted by molar-refractivity contribution is 0.444. The molecule has 1 aromatic heterocycles. The Morgan fingerprint density at radius 1 is 1.06 bits per heavy atom. The SMILES string of the molecule is CNc1nc(C2CC2)nc(NC2CCC2)c1C. The number of nitrogens with one attached hydrogen (secondary N) is 2. The summed E-state index contributed by atoms with van der Waals surface area (Å²) in [4.78, 5) is 9.30. The van der Waals surface area contributed by atoms with Gasteiger partial charge in [0.05, 0.1) is 0 Å². The Hall–Kier alpha value is -1.32. The summed E-state index contributed by atoms with van der Waals surface area (Å²) in [5.74, 6) is 3.63. The fraction of sp³-hybridized carbons (Fsp3) is 0.692. The normalized spacial score (nSPS) is 19.9. The van der Waals surface area contributed by atoms with E-state index in [1.807, 2.05) is 7.05 Å². The molecule has 1 heterocycles. The van der Waals surface area contributed by atoms with E-state index in [1.54, 1.807) is 0 Å². The minimum absolute atomic E-state index is 0.602. The van der Waals surface area contributed by atoms with Gasteiger partial charge in [-0.15, -0.1) is 0 Å². The summed E-state index contributed by atoms with van der Waals surface area (Å²) in [7, 11) is 1.93. The minimum Gasteiger partial charge on any atom is -0.373 e. The van der Waals surface area contributed by atoms with Crippen molar-refractivity contribution in [3.05, 3.63) is 11.4 Å². The Bertz CT molecular complexity index is 422. The van der Waals surface area contributed by atoms with Crippen molar-refractivity contribution >= 4 is 11.6 Å². The second-order valence-corrected chi connectivity index (χ2v) is 5.20. The highest BCUT2D eigenvalue weighted by Crippen LogP contribution is 2.39. The van der Waals surface area contributed by atoms with Gasteiger partial charge in [0.2, 0.25) is 0 Å². The van der Waals surface area contributed by atoms with Crippen molar-refractivity contribution < 1.29 is 0 Å². The quantitative estimate of drug-likeness (QED) is 0.838. The Morgan fingerprint density at radius 2 is 1.76 bits per heavy atom. The van der Waals surface area contributed by atoms with Crippen molar-refractivity contribution in [3.63, 3.8) is 0 Å². The van der Waals surface area contributed by atoms with Gasteiger partial charge in [0.25, 0.3) is 0 Å². The van der Waals surface area contributed by atoms with E-state index in [0.717, 1.165) is 23.0 Å². The smallest absolute Gasteiger partial charge is 0.136 e. The van der Waals surface area contributed by atoms with Gasteiger partial charge in [-0.2, -0.15) is 0 Å². The Labute approximate surface area is 102 Å². The van der Waals surface area contributed by atoms with Crippen molar-refractivity contribution in [3.8, 4) is 0 Å². The zero-order valence-electron chi connectivity index (χ0n) is 10.6. The number of hydrogen-bond acceptors (Lipinski definition) is 4. The third kappa shape index (κ3) is 2.08. The molecule has 2 fully saturated rings. The summed E-state index contributed by atoms with van der Waals surface area (Å²) in [6.07, 6.45) is 6.38. The molecule has 2 aliphatic rings. The van der Waals surface area contributed by atoms with E-state index in [9.17, 15) is 0 Å². The van der Waals surface area contributed by atoms with Crippen molar-refractivity contribution in [1.82, 2.24) is 9.97 Å². The van der Waals surface area contributed by atoms with Crippen LogP contribution in [0, 0.1) is 6.92 Å². The third-order valence-electron chi connectivity index (χ3n) is 3.79. The molecule has 0 bridgehead atoms. The Balaban J connectivity index is 1.89. The van der Waals surface area contributed by atoms with Crippen LogP contribution in [0.5, 0.6) is 0 Å². The predicted molar refractivity (Wildman–Crippen MR) is 69.6 cm³/mol. The van der Waals surface area contributed by atoms with Crippen LogP contribution in [0.4, 0.5) is 11.6 Å². The number of nitrogens with zero attached hydrogens (tertiary/aromatic N) is 2. The summed E-state index contributed by atoms with van der Waals surface area (Å²) in [6, 6.07) is 0.625. The van der Waals surface area contributed by atoms with Gasteiger partial charge in [0.15, 0.2) is 0 Å². The largest absolute Gasteiger partial charge is 0.373 e. The molecule has 4 nitrogen and oxygen atoms in total. The van der Waals surface area contributed by atoms with Crippen LogP contribution in [0.15, 0.2) is 0 Å². The van der Waals surface area contributed by atoms with Gasteiger partial charge in [-0.1, -0.05) is 0 Å². The number of aromatic nitrogens is 2. The van der Waals surface area contributed by atoms with Gasteiger partial charge in [-0.05, 0) is 39.0 Å². The third-order valence-corrected chi connectivity index (χ3v) is 3.79. The van der Waals surface area contributed by atoms with Crippen molar-refractivity contribution in [2.45, 2.75) is 51.0 Å². The molecule has 17 heavy (non-hydrogen) atoms. The average Bonchev–Trinajstić information content (AvgIpc) is 3.09. The predicted octanol–water partition coefficient (Wildman–Crippen LogP) is 2.67. The molecule has 4 heteroatoms. The fourth-order valence-electron chi connectivity index (χ4n) is 2.19. The van der Waals surface area contributed by atoms with Gasteiger partial charge < -0.3 is 10.6 Å². The second-order valence-electron chi connectivity index (χ2n) is 5.20. The summed E-state index contributed by atoms with van der Waals surface area (Å²) in [5.41, 5.74) is 1.14. The average molecular weight is 232 g/mol. The lowest BCUT2D eigenvalue weighted by atomic mass is 9.93. The molecule has 92 valence electrons. The molecule has 0 atom stereocenters. The number of hydrogen-bond donors (Lipinski definition) is 2. The minimum atomic E-state index is 0.602. The highest BCUT2D eigenvalue weighted by Gasteiger charge is 2.28. The maximum absolute atomic E-state index is 4.70. The number of anilines is 2. The van der Waals surface area contributed by atoms with Crippen LogP contribution in [-0.2, 0) is 0 Å². The maximum atomic E-state index is 4.70. The van der Waals surface area contributed by atoms with Gasteiger partial charge >= 0.3 is 0 Å². The maximum Gasteiger partial charge on any atom is 0.136 e. The summed E-state index contributed by atoms with van der Waals surface area (Å²) in [6.45, 7) is 2.09. The van der Waals surface area contributed by atoms with Gasteiger partial charge in [-0.3, -0.25) is 0 Å². The lowest BCUT2D eigenvalue weighted by Gasteiger charge is -2.28. The van der Waals surface area contributed by atoms with Crippen LogP contribution in [0.2, 0.25) is 0 Å². The molecule has 3 rings (SSSR count). The van der Waals surface area contributed by atoms with Crippen LogP contribution in [0.25, 0.3) is 0 Å². The zero-order valence-corrected chi connectivity index (χ0v) is 10.6. The standard InChI is InChI=1S/C13H20N4/c1-8-11(14-2)16-13(9-6-7-9)17-12(8)15-10-4-3-5-10/h9-10H,3-7H2,1-2H3,(H2,14,15,16,17). The molecule has 0 spiro atoms. The first-order valence-electron chi connectivity index (χ1n) is 6.60. The molecule has 0 aliphatic heterocycles. The molecule has 0 amide bonds. The Morgan fingerprint density at radius 3 is 2.29 bits per heavy atom. The van der Waals surface area contributed by atoms with Crippen LogP contribution in [-0.4, -0.2) is 23.1 Å². The monoisotopic (exact) mass is 232 g/mol. The van der Waals surface area contributed by atoms with E-state index in [1.165, 1.54) is 32.1 Å². The van der Waals surface area contributed by atoms with Crippen molar-refractivity contribution in [2.24, 2.45) is 0 Å². The topological polar surface area (TPSA) is 49.8 Å². The summed E-state index contributed by atoms with van der Waals surface area (Å²) >= 11 is 0.